The molecule has 4 aromatic rings. The van der Waals surface area contributed by atoms with Crippen LogP contribution in [0.15, 0.2) is 85.1 Å². The van der Waals surface area contributed by atoms with Crippen molar-refractivity contribution in [2.24, 2.45) is 0 Å². The van der Waals surface area contributed by atoms with Gasteiger partial charge < -0.3 is 4.90 Å². The molecule has 2 heterocycles. The predicted octanol–water partition coefficient (Wildman–Crippen LogP) is 4.04. The first kappa shape index (κ1) is 21.3. The van der Waals surface area contributed by atoms with Crippen molar-refractivity contribution in [3.63, 3.8) is 0 Å². The van der Waals surface area contributed by atoms with E-state index in [2.05, 4.69) is 0 Å². The Morgan fingerprint density at radius 3 is 2.24 bits per heavy atom. The van der Waals surface area contributed by atoms with Gasteiger partial charge in [-0.2, -0.15) is 5.10 Å². The largest absolute Gasteiger partial charge is 0.337 e. The minimum atomic E-state index is -0.396. The highest BCUT2D eigenvalue weighted by atomic mass is 16.2. The topological polar surface area (TPSA) is 75.5 Å². The maximum absolute atomic E-state index is 13.2. The van der Waals surface area contributed by atoms with Crippen LogP contribution in [-0.4, -0.2) is 51.4 Å². The fourth-order valence-corrected chi connectivity index (χ4v) is 4.12. The first-order valence-corrected chi connectivity index (χ1v) is 10.9. The number of para-hydroxylation sites is 1. The van der Waals surface area contributed by atoms with Crippen molar-refractivity contribution < 1.29 is 14.4 Å². The minimum absolute atomic E-state index is 0.246. The first-order chi connectivity index (χ1) is 16.4. The Morgan fingerprint density at radius 2 is 1.53 bits per heavy atom. The number of rotatable bonds is 5. The normalized spacial score (nSPS) is 12.7. The lowest BCUT2D eigenvalue weighted by atomic mass is 10.0. The molecule has 0 bridgehead atoms. The molecule has 0 saturated carbocycles. The number of carbonyl (C=O) groups excluding carboxylic acids is 3. The number of amides is 3. The SMILES string of the molecule is CN(Cc1cn(-c2ccccc2)nc1-c1ccccc1)C(=O)c1ccc2c(c1)C(=O)N(C)C2=O. The summed E-state index contributed by atoms with van der Waals surface area (Å²) >= 11 is 0. The zero-order chi connectivity index (χ0) is 23.8. The Morgan fingerprint density at radius 1 is 0.882 bits per heavy atom. The highest BCUT2D eigenvalue weighted by Crippen LogP contribution is 2.26. The van der Waals surface area contributed by atoms with Crippen molar-refractivity contribution in [2.75, 3.05) is 14.1 Å². The Balaban J connectivity index is 1.46. The van der Waals surface area contributed by atoms with Gasteiger partial charge in [0.15, 0.2) is 0 Å². The fourth-order valence-electron chi connectivity index (χ4n) is 4.12. The smallest absolute Gasteiger partial charge is 0.261 e. The van der Waals surface area contributed by atoms with Crippen molar-refractivity contribution in [2.45, 2.75) is 6.54 Å². The summed E-state index contributed by atoms with van der Waals surface area (Å²) in [7, 11) is 3.15. The summed E-state index contributed by atoms with van der Waals surface area (Å²) in [5.41, 5.74) is 4.49. The number of carbonyl (C=O) groups is 3. The fraction of sp³-hybridized carbons (Fsp3) is 0.111. The second-order valence-electron chi connectivity index (χ2n) is 8.24. The third kappa shape index (κ3) is 3.67. The standard InChI is InChI=1S/C27H22N4O3/c1-29(25(32)19-13-14-22-23(15-19)27(34)30(2)26(22)33)16-20-17-31(21-11-7-4-8-12-21)28-24(20)18-9-5-3-6-10-18/h3-15,17H,16H2,1-2H3. The van der Waals surface area contributed by atoms with Crippen LogP contribution in [0.3, 0.4) is 0 Å². The molecular formula is C27H22N4O3. The molecule has 1 aromatic heterocycles. The summed E-state index contributed by atoms with van der Waals surface area (Å²) in [6.45, 7) is 0.319. The third-order valence-corrected chi connectivity index (χ3v) is 5.95. The van der Waals surface area contributed by atoms with Crippen LogP contribution >= 0.6 is 0 Å². The van der Waals surface area contributed by atoms with Gasteiger partial charge in [0.2, 0.25) is 0 Å². The van der Waals surface area contributed by atoms with Crippen LogP contribution in [0.4, 0.5) is 0 Å². The zero-order valence-corrected chi connectivity index (χ0v) is 18.8. The quantitative estimate of drug-likeness (QED) is 0.430. The van der Waals surface area contributed by atoms with Crippen LogP contribution < -0.4 is 0 Å². The van der Waals surface area contributed by atoms with Crippen molar-refractivity contribution in [1.29, 1.82) is 0 Å². The van der Waals surface area contributed by atoms with E-state index in [4.69, 9.17) is 5.10 Å². The lowest BCUT2D eigenvalue weighted by Gasteiger charge is -2.17. The summed E-state index contributed by atoms with van der Waals surface area (Å²) in [6.07, 6.45) is 1.93. The van der Waals surface area contributed by atoms with Crippen LogP contribution in [-0.2, 0) is 6.54 Å². The molecule has 0 aliphatic carbocycles. The molecule has 3 amide bonds. The van der Waals surface area contributed by atoms with E-state index in [-0.39, 0.29) is 17.4 Å². The Kier molecular flexibility index (Phi) is 5.30. The Bertz CT molecular complexity index is 1410. The molecule has 0 spiro atoms. The maximum Gasteiger partial charge on any atom is 0.261 e. The van der Waals surface area contributed by atoms with Gasteiger partial charge in [0, 0.05) is 43.5 Å². The molecular weight excluding hydrogens is 428 g/mol. The van der Waals surface area contributed by atoms with Crippen LogP contribution in [0.25, 0.3) is 16.9 Å². The summed E-state index contributed by atoms with van der Waals surface area (Å²) in [5, 5.41) is 4.80. The zero-order valence-electron chi connectivity index (χ0n) is 18.8. The predicted molar refractivity (Wildman–Crippen MR) is 128 cm³/mol. The van der Waals surface area contributed by atoms with Crippen molar-refractivity contribution in [3.05, 3.63) is 107 Å². The summed E-state index contributed by atoms with van der Waals surface area (Å²) in [6, 6.07) is 24.3. The lowest BCUT2D eigenvalue weighted by Crippen LogP contribution is -2.26. The van der Waals surface area contributed by atoms with Gasteiger partial charge in [-0.3, -0.25) is 19.3 Å². The highest BCUT2D eigenvalue weighted by Gasteiger charge is 2.33. The summed E-state index contributed by atoms with van der Waals surface area (Å²) in [4.78, 5) is 40.4. The average Bonchev–Trinajstić information content (AvgIpc) is 3.39. The van der Waals surface area contributed by atoms with Crippen molar-refractivity contribution in [3.8, 4) is 16.9 Å². The van der Waals surface area contributed by atoms with Gasteiger partial charge in [0.25, 0.3) is 17.7 Å². The molecule has 5 rings (SSSR count). The second kappa shape index (κ2) is 8.44. The van der Waals surface area contributed by atoms with Crippen LogP contribution in [0.5, 0.6) is 0 Å². The first-order valence-electron chi connectivity index (χ1n) is 10.9. The van der Waals surface area contributed by atoms with Crippen LogP contribution in [0, 0.1) is 0 Å². The molecule has 0 N–H and O–H groups in total. The van der Waals surface area contributed by atoms with Gasteiger partial charge in [-0.1, -0.05) is 48.5 Å². The molecule has 3 aromatic carbocycles. The number of benzene rings is 3. The van der Waals surface area contributed by atoms with Crippen LogP contribution in [0.2, 0.25) is 0 Å². The van der Waals surface area contributed by atoms with E-state index in [0.29, 0.717) is 17.7 Å². The molecule has 7 nitrogen and oxygen atoms in total. The van der Waals surface area contributed by atoms with Gasteiger partial charge in [-0.25, -0.2) is 4.68 Å². The number of fused-ring (bicyclic) bond motifs is 1. The minimum Gasteiger partial charge on any atom is -0.337 e. The third-order valence-electron chi connectivity index (χ3n) is 5.95. The number of hydrogen-bond acceptors (Lipinski definition) is 4. The molecule has 0 fully saturated rings. The molecule has 1 aliphatic rings. The van der Waals surface area contributed by atoms with E-state index in [1.54, 1.807) is 24.1 Å². The molecule has 168 valence electrons. The summed E-state index contributed by atoms with van der Waals surface area (Å²) < 4.78 is 1.81. The van der Waals surface area contributed by atoms with Gasteiger partial charge >= 0.3 is 0 Å². The van der Waals surface area contributed by atoms with Crippen molar-refractivity contribution >= 4 is 17.7 Å². The number of nitrogens with zero attached hydrogens (tertiary/aromatic N) is 4. The van der Waals surface area contributed by atoms with Gasteiger partial charge in [-0.15, -0.1) is 0 Å². The van der Waals surface area contributed by atoms with Gasteiger partial charge in [-0.05, 0) is 30.3 Å². The van der Waals surface area contributed by atoms with E-state index >= 15 is 0 Å². The monoisotopic (exact) mass is 450 g/mol. The van der Waals surface area contributed by atoms with E-state index in [1.807, 2.05) is 71.5 Å². The highest BCUT2D eigenvalue weighted by molar-refractivity contribution is 6.21. The molecule has 0 saturated heterocycles. The van der Waals surface area contributed by atoms with E-state index in [0.717, 1.165) is 27.4 Å². The van der Waals surface area contributed by atoms with E-state index < -0.39 is 5.91 Å². The molecule has 1 aliphatic heterocycles. The van der Waals surface area contributed by atoms with Crippen LogP contribution in [0.1, 0.15) is 36.6 Å². The molecule has 7 heteroatoms. The molecule has 34 heavy (non-hydrogen) atoms. The summed E-state index contributed by atoms with van der Waals surface area (Å²) in [5.74, 6) is -0.995. The number of aromatic nitrogens is 2. The van der Waals surface area contributed by atoms with E-state index in [9.17, 15) is 14.4 Å². The van der Waals surface area contributed by atoms with Gasteiger partial charge in [0.1, 0.15) is 0 Å². The maximum atomic E-state index is 13.2. The Hall–Kier alpha value is -4.52. The average molecular weight is 450 g/mol. The number of imide groups is 1. The molecule has 0 unspecified atom stereocenters. The molecule has 0 atom stereocenters. The second-order valence-corrected chi connectivity index (χ2v) is 8.24. The van der Waals surface area contributed by atoms with Gasteiger partial charge in [0.05, 0.1) is 22.5 Å². The van der Waals surface area contributed by atoms with E-state index in [1.165, 1.54) is 13.1 Å². The lowest BCUT2D eigenvalue weighted by molar-refractivity contribution is 0.0692. The number of hydrogen-bond donors (Lipinski definition) is 0. The molecule has 0 radical (unpaired) electrons. The Labute approximate surface area is 196 Å². The van der Waals surface area contributed by atoms with Crippen molar-refractivity contribution in [1.82, 2.24) is 19.6 Å².